The Morgan fingerprint density at radius 3 is 2.72 bits per heavy atom. The molecule has 9 nitrogen and oxygen atoms in total. The van der Waals surface area contributed by atoms with Crippen LogP contribution in [0, 0.1) is 10.1 Å². The van der Waals surface area contributed by atoms with E-state index in [0.29, 0.717) is 5.76 Å². The van der Waals surface area contributed by atoms with Gasteiger partial charge in [-0.2, -0.15) is 0 Å². The standard InChI is InChI=1S/C15H13ClN2O7/c1-23-14(19)7-17-15(20)13-5-3-10(25-13)8-24-12-4-2-9(18(21)22)6-11(12)16/h2-6H,7-8H2,1H3,(H,17,20). The first kappa shape index (κ1) is 18.3. The fraction of sp³-hybridized carbons (Fsp3) is 0.200. The molecule has 25 heavy (non-hydrogen) atoms. The number of nitrogens with zero attached hydrogens (tertiary/aromatic N) is 1. The molecule has 132 valence electrons. The Hall–Kier alpha value is -3.07. The lowest BCUT2D eigenvalue weighted by Gasteiger charge is -2.06. The molecule has 0 unspecified atom stereocenters. The zero-order valence-corrected chi connectivity index (χ0v) is 13.7. The zero-order valence-electron chi connectivity index (χ0n) is 13.0. The number of nitrogens with one attached hydrogen (secondary N) is 1. The smallest absolute Gasteiger partial charge is 0.325 e. The number of carbonyl (C=O) groups is 2. The van der Waals surface area contributed by atoms with Crippen molar-refractivity contribution in [1.82, 2.24) is 5.32 Å². The van der Waals surface area contributed by atoms with Crippen LogP contribution in [0.5, 0.6) is 5.75 Å². The number of rotatable bonds is 7. The number of ether oxygens (including phenoxy) is 2. The van der Waals surface area contributed by atoms with Gasteiger partial charge in [-0.15, -0.1) is 0 Å². The number of hydrogen-bond donors (Lipinski definition) is 1. The Labute approximate surface area is 146 Å². The zero-order chi connectivity index (χ0) is 18.4. The molecule has 0 aliphatic heterocycles. The van der Waals surface area contributed by atoms with Crippen LogP contribution >= 0.6 is 11.6 Å². The van der Waals surface area contributed by atoms with Gasteiger partial charge in [-0.05, 0) is 18.2 Å². The van der Waals surface area contributed by atoms with Crippen molar-refractivity contribution >= 4 is 29.2 Å². The van der Waals surface area contributed by atoms with Crippen LogP contribution in [0.1, 0.15) is 16.3 Å². The number of carbonyl (C=O) groups excluding carboxylic acids is 2. The molecular formula is C15H13ClN2O7. The summed E-state index contributed by atoms with van der Waals surface area (Å²) in [5, 5.41) is 13.1. The third-order valence-corrected chi connectivity index (χ3v) is 3.30. The van der Waals surface area contributed by atoms with Gasteiger partial charge in [0.05, 0.1) is 17.1 Å². The molecule has 2 aromatic rings. The fourth-order valence-electron chi connectivity index (χ4n) is 1.76. The van der Waals surface area contributed by atoms with Crippen LogP contribution in [0.2, 0.25) is 5.02 Å². The van der Waals surface area contributed by atoms with Gasteiger partial charge in [0, 0.05) is 12.1 Å². The summed E-state index contributed by atoms with van der Waals surface area (Å²) in [6.45, 7) is -0.317. The second kappa shape index (κ2) is 8.15. The van der Waals surface area contributed by atoms with Crippen molar-refractivity contribution in [3.8, 4) is 5.75 Å². The summed E-state index contributed by atoms with van der Waals surface area (Å²) >= 11 is 5.91. The predicted octanol–water partition coefficient (Wildman–Crippen LogP) is 2.32. The Morgan fingerprint density at radius 2 is 2.08 bits per heavy atom. The lowest BCUT2D eigenvalue weighted by molar-refractivity contribution is -0.384. The van der Waals surface area contributed by atoms with Gasteiger partial charge in [-0.25, -0.2) is 0 Å². The van der Waals surface area contributed by atoms with Crippen LogP contribution in [0.15, 0.2) is 34.7 Å². The number of halogens is 1. The van der Waals surface area contributed by atoms with Gasteiger partial charge in [-0.3, -0.25) is 19.7 Å². The molecule has 1 amide bonds. The van der Waals surface area contributed by atoms with E-state index >= 15 is 0 Å². The molecule has 2 rings (SSSR count). The summed E-state index contributed by atoms with van der Waals surface area (Å²) in [7, 11) is 1.21. The van der Waals surface area contributed by atoms with E-state index in [0.717, 1.165) is 0 Å². The normalized spacial score (nSPS) is 10.2. The second-order valence-electron chi connectivity index (χ2n) is 4.69. The van der Waals surface area contributed by atoms with Crippen LogP contribution in [0.25, 0.3) is 0 Å². The van der Waals surface area contributed by atoms with Crippen molar-refractivity contribution in [2.45, 2.75) is 6.61 Å². The minimum Gasteiger partial charge on any atom is -0.484 e. The number of nitro benzene ring substituents is 1. The lowest BCUT2D eigenvalue weighted by atomic mass is 10.3. The molecular weight excluding hydrogens is 356 g/mol. The number of esters is 1. The molecule has 0 radical (unpaired) electrons. The van der Waals surface area contributed by atoms with Crippen molar-refractivity contribution < 1.29 is 28.4 Å². The molecule has 0 bridgehead atoms. The molecule has 0 fully saturated rings. The fourth-order valence-corrected chi connectivity index (χ4v) is 1.99. The molecule has 0 aliphatic carbocycles. The van der Waals surface area contributed by atoms with E-state index in [1.165, 1.54) is 37.4 Å². The summed E-state index contributed by atoms with van der Waals surface area (Å²) in [6, 6.07) is 6.74. The van der Waals surface area contributed by atoms with Gasteiger partial charge in [0.15, 0.2) is 5.76 Å². The minimum atomic E-state index is -0.587. The highest BCUT2D eigenvalue weighted by molar-refractivity contribution is 6.32. The van der Waals surface area contributed by atoms with Crippen LogP contribution < -0.4 is 10.1 Å². The Bertz CT molecular complexity index is 803. The lowest BCUT2D eigenvalue weighted by Crippen LogP contribution is -2.29. The molecule has 1 N–H and O–H groups in total. The van der Waals surface area contributed by atoms with Gasteiger partial charge in [-0.1, -0.05) is 11.6 Å². The number of nitro groups is 1. The first-order valence-electron chi connectivity index (χ1n) is 6.91. The predicted molar refractivity (Wildman–Crippen MR) is 85.5 cm³/mol. The Morgan fingerprint density at radius 1 is 1.32 bits per heavy atom. The maximum absolute atomic E-state index is 11.8. The molecule has 1 heterocycles. The molecule has 0 aliphatic rings. The van der Waals surface area contributed by atoms with E-state index in [4.69, 9.17) is 20.8 Å². The maximum atomic E-state index is 11.8. The first-order chi connectivity index (χ1) is 11.9. The number of hydrogen-bond acceptors (Lipinski definition) is 7. The van der Waals surface area contributed by atoms with E-state index < -0.39 is 16.8 Å². The van der Waals surface area contributed by atoms with E-state index in [-0.39, 0.29) is 35.4 Å². The summed E-state index contributed by atoms with van der Waals surface area (Å²) in [4.78, 5) is 32.8. The van der Waals surface area contributed by atoms with Crippen LogP contribution in [0.3, 0.4) is 0 Å². The summed E-state index contributed by atoms with van der Waals surface area (Å²) in [5.41, 5.74) is -0.153. The van der Waals surface area contributed by atoms with Gasteiger partial charge < -0.3 is 19.2 Å². The highest BCUT2D eigenvalue weighted by Gasteiger charge is 2.14. The van der Waals surface area contributed by atoms with E-state index in [9.17, 15) is 19.7 Å². The van der Waals surface area contributed by atoms with E-state index in [1.54, 1.807) is 0 Å². The molecule has 1 aromatic heterocycles. The quantitative estimate of drug-likeness (QED) is 0.452. The largest absolute Gasteiger partial charge is 0.484 e. The molecule has 0 saturated carbocycles. The Balaban J connectivity index is 1.94. The van der Waals surface area contributed by atoms with Crippen LogP contribution in [-0.2, 0) is 16.1 Å². The molecule has 1 aromatic carbocycles. The number of non-ortho nitro benzene ring substituents is 1. The Kier molecular flexibility index (Phi) is 5.96. The average Bonchev–Trinajstić information content (AvgIpc) is 3.07. The third kappa shape index (κ3) is 4.95. The van der Waals surface area contributed by atoms with Crippen molar-refractivity contribution in [3.05, 3.63) is 57.0 Å². The SMILES string of the molecule is COC(=O)CNC(=O)c1ccc(COc2ccc([N+](=O)[O-])cc2Cl)o1. The van der Waals surface area contributed by atoms with Gasteiger partial charge >= 0.3 is 5.97 Å². The highest BCUT2D eigenvalue weighted by atomic mass is 35.5. The first-order valence-corrected chi connectivity index (χ1v) is 7.29. The van der Waals surface area contributed by atoms with E-state index in [2.05, 4.69) is 10.1 Å². The monoisotopic (exact) mass is 368 g/mol. The second-order valence-corrected chi connectivity index (χ2v) is 5.09. The third-order valence-electron chi connectivity index (χ3n) is 3.00. The summed E-state index contributed by atoms with van der Waals surface area (Å²) < 4.78 is 15.1. The van der Waals surface area contributed by atoms with Gasteiger partial charge in [0.25, 0.3) is 11.6 Å². The number of amides is 1. The topological polar surface area (TPSA) is 121 Å². The van der Waals surface area contributed by atoms with Crippen molar-refractivity contribution in [2.24, 2.45) is 0 Å². The van der Waals surface area contributed by atoms with Gasteiger partial charge in [0.1, 0.15) is 24.7 Å². The van der Waals surface area contributed by atoms with Crippen LogP contribution in [0.4, 0.5) is 5.69 Å². The molecule has 0 spiro atoms. The summed E-state index contributed by atoms with van der Waals surface area (Å²) in [5.74, 6) is -0.600. The minimum absolute atomic E-state index is 0.00250. The molecule has 10 heteroatoms. The number of methoxy groups -OCH3 is 1. The average molecular weight is 369 g/mol. The van der Waals surface area contributed by atoms with E-state index in [1.807, 2.05) is 0 Å². The van der Waals surface area contributed by atoms with Crippen molar-refractivity contribution in [3.63, 3.8) is 0 Å². The number of benzene rings is 1. The van der Waals surface area contributed by atoms with Crippen molar-refractivity contribution in [2.75, 3.05) is 13.7 Å². The summed E-state index contributed by atoms with van der Waals surface area (Å²) in [6.07, 6.45) is 0. The number of furan rings is 1. The maximum Gasteiger partial charge on any atom is 0.325 e. The van der Waals surface area contributed by atoms with Crippen molar-refractivity contribution in [1.29, 1.82) is 0 Å². The van der Waals surface area contributed by atoms with Crippen LogP contribution in [-0.4, -0.2) is 30.5 Å². The van der Waals surface area contributed by atoms with Gasteiger partial charge in [0.2, 0.25) is 0 Å². The highest BCUT2D eigenvalue weighted by Crippen LogP contribution is 2.29. The molecule has 0 saturated heterocycles. The molecule has 0 atom stereocenters.